The van der Waals surface area contributed by atoms with E-state index in [1.807, 2.05) is 0 Å². The first kappa shape index (κ1) is 15.3. The van der Waals surface area contributed by atoms with Crippen molar-refractivity contribution in [3.63, 3.8) is 0 Å². The van der Waals surface area contributed by atoms with E-state index in [4.69, 9.17) is 4.74 Å². The smallest absolute Gasteiger partial charge is 0.344 e. The molecule has 2 rings (SSSR count). The van der Waals surface area contributed by atoms with Crippen molar-refractivity contribution in [2.75, 3.05) is 0 Å². The molecule has 0 bridgehead atoms. The molecular weight excluding hydrogens is 284 g/mol. The molecule has 7 heteroatoms. The Labute approximate surface area is 120 Å². The SMILES string of the molecule is O=C(OC1CCCCCC1)c1c(F)ccc([N+](=O)[O-])c1F. The maximum atomic E-state index is 13.9. The zero-order valence-corrected chi connectivity index (χ0v) is 11.3. The third-order valence-corrected chi connectivity index (χ3v) is 3.55. The van der Waals surface area contributed by atoms with Gasteiger partial charge in [0.15, 0.2) is 0 Å². The highest BCUT2D eigenvalue weighted by Gasteiger charge is 2.29. The summed E-state index contributed by atoms with van der Waals surface area (Å²) < 4.78 is 32.6. The van der Waals surface area contributed by atoms with E-state index in [0.29, 0.717) is 25.0 Å². The van der Waals surface area contributed by atoms with Gasteiger partial charge in [0.1, 0.15) is 17.5 Å². The highest BCUT2D eigenvalue weighted by atomic mass is 19.1. The third-order valence-electron chi connectivity index (χ3n) is 3.55. The van der Waals surface area contributed by atoms with Crippen molar-refractivity contribution in [1.29, 1.82) is 0 Å². The summed E-state index contributed by atoms with van der Waals surface area (Å²) >= 11 is 0. The number of benzene rings is 1. The molecule has 1 aliphatic rings. The monoisotopic (exact) mass is 299 g/mol. The number of nitro benzene ring substituents is 1. The minimum Gasteiger partial charge on any atom is -0.459 e. The fraction of sp³-hybridized carbons (Fsp3) is 0.500. The van der Waals surface area contributed by atoms with Crippen molar-refractivity contribution < 1.29 is 23.2 Å². The number of hydrogen-bond acceptors (Lipinski definition) is 4. The van der Waals surface area contributed by atoms with Gasteiger partial charge in [-0.1, -0.05) is 12.8 Å². The number of carbonyl (C=O) groups is 1. The molecule has 0 heterocycles. The van der Waals surface area contributed by atoms with Gasteiger partial charge in [0, 0.05) is 6.07 Å². The summed E-state index contributed by atoms with van der Waals surface area (Å²) in [4.78, 5) is 21.5. The van der Waals surface area contributed by atoms with Crippen LogP contribution >= 0.6 is 0 Å². The van der Waals surface area contributed by atoms with Gasteiger partial charge in [-0.25, -0.2) is 9.18 Å². The molecule has 0 N–H and O–H groups in total. The molecule has 0 aliphatic heterocycles. The fourth-order valence-electron chi connectivity index (χ4n) is 2.44. The van der Waals surface area contributed by atoms with E-state index in [1.165, 1.54) is 0 Å². The van der Waals surface area contributed by atoms with Crippen LogP contribution in [-0.4, -0.2) is 17.0 Å². The molecule has 0 spiro atoms. The van der Waals surface area contributed by atoms with Crippen LogP contribution in [0.5, 0.6) is 0 Å². The number of rotatable bonds is 3. The van der Waals surface area contributed by atoms with Crippen LogP contribution in [0.2, 0.25) is 0 Å². The summed E-state index contributed by atoms with van der Waals surface area (Å²) in [6.45, 7) is 0. The molecule has 0 aromatic heterocycles. The second-order valence-corrected chi connectivity index (χ2v) is 5.03. The van der Waals surface area contributed by atoms with Crippen LogP contribution in [0.4, 0.5) is 14.5 Å². The standard InChI is InChI=1S/C14H15F2NO4/c15-10-7-8-11(17(19)20)13(16)12(10)14(18)21-9-5-3-1-2-4-6-9/h7-9H,1-6H2. The number of esters is 1. The lowest BCUT2D eigenvalue weighted by Crippen LogP contribution is -2.20. The van der Waals surface area contributed by atoms with Gasteiger partial charge < -0.3 is 4.74 Å². The lowest BCUT2D eigenvalue weighted by atomic mass is 10.1. The van der Waals surface area contributed by atoms with E-state index < -0.39 is 39.9 Å². The van der Waals surface area contributed by atoms with Crippen molar-refractivity contribution in [2.24, 2.45) is 0 Å². The van der Waals surface area contributed by atoms with Crippen molar-refractivity contribution in [1.82, 2.24) is 0 Å². The Bertz CT molecular complexity index is 554. The number of nitro groups is 1. The lowest BCUT2D eigenvalue weighted by Gasteiger charge is -2.15. The molecule has 21 heavy (non-hydrogen) atoms. The molecular formula is C14H15F2NO4. The van der Waals surface area contributed by atoms with Gasteiger partial charge in [-0.15, -0.1) is 0 Å². The Hall–Kier alpha value is -2.05. The molecule has 1 aromatic rings. The molecule has 0 amide bonds. The summed E-state index contributed by atoms with van der Waals surface area (Å²) in [7, 11) is 0. The largest absolute Gasteiger partial charge is 0.459 e. The lowest BCUT2D eigenvalue weighted by molar-refractivity contribution is -0.387. The third kappa shape index (κ3) is 3.53. The summed E-state index contributed by atoms with van der Waals surface area (Å²) in [5, 5.41) is 10.6. The van der Waals surface area contributed by atoms with Crippen molar-refractivity contribution >= 4 is 11.7 Å². The summed E-state index contributed by atoms with van der Waals surface area (Å²) in [5.41, 5.74) is -1.93. The van der Waals surface area contributed by atoms with Gasteiger partial charge >= 0.3 is 11.7 Å². The molecule has 0 atom stereocenters. The van der Waals surface area contributed by atoms with Gasteiger partial charge in [-0.05, 0) is 31.7 Å². The molecule has 0 unspecified atom stereocenters. The minimum atomic E-state index is -1.49. The van der Waals surface area contributed by atoms with E-state index in [9.17, 15) is 23.7 Å². The van der Waals surface area contributed by atoms with Crippen LogP contribution in [0.25, 0.3) is 0 Å². The number of ether oxygens (including phenoxy) is 1. The number of halogens is 2. The average molecular weight is 299 g/mol. The highest BCUT2D eigenvalue weighted by Crippen LogP contribution is 2.26. The summed E-state index contributed by atoms with van der Waals surface area (Å²) in [5.74, 6) is -3.82. The van der Waals surface area contributed by atoms with Gasteiger partial charge in [0.05, 0.1) is 4.92 Å². The molecule has 1 aromatic carbocycles. The molecule has 5 nitrogen and oxygen atoms in total. The second kappa shape index (κ2) is 6.60. The Balaban J connectivity index is 2.22. The number of hydrogen-bond donors (Lipinski definition) is 0. The molecule has 1 saturated carbocycles. The Morgan fingerprint density at radius 2 is 1.81 bits per heavy atom. The van der Waals surface area contributed by atoms with E-state index >= 15 is 0 Å². The first-order chi connectivity index (χ1) is 10.0. The zero-order chi connectivity index (χ0) is 15.4. The van der Waals surface area contributed by atoms with Crippen molar-refractivity contribution in [3.8, 4) is 0 Å². The predicted octanol–water partition coefficient (Wildman–Crippen LogP) is 3.75. The van der Waals surface area contributed by atoms with Crippen LogP contribution in [0.15, 0.2) is 12.1 Å². The first-order valence-corrected chi connectivity index (χ1v) is 6.84. The molecule has 1 aliphatic carbocycles. The maximum absolute atomic E-state index is 13.9. The van der Waals surface area contributed by atoms with Gasteiger partial charge in [0.2, 0.25) is 5.82 Å². The molecule has 1 fully saturated rings. The first-order valence-electron chi connectivity index (χ1n) is 6.84. The van der Waals surface area contributed by atoms with Gasteiger partial charge in [-0.2, -0.15) is 4.39 Å². The van der Waals surface area contributed by atoms with Crippen LogP contribution in [-0.2, 0) is 4.74 Å². The van der Waals surface area contributed by atoms with E-state index in [1.54, 1.807) is 0 Å². The normalized spacial score (nSPS) is 16.3. The van der Waals surface area contributed by atoms with Crippen molar-refractivity contribution in [3.05, 3.63) is 39.4 Å². The van der Waals surface area contributed by atoms with Crippen molar-refractivity contribution in [2.45, 2.75) is 44.6 Å². The minimum absolute atomic E-state index is 0.391. The number of nitrogens with zero attached hydrogens (tertiary/aromatic N) is 1. The van der Waals surface area contributed by atoms with Crippen LogP contribution in [0.1, 0.15) is 48.9 Å². The Morgan fingerprint density at radius 1 is 1.19 bits per heavy atom. The fourth-order valence-corrected chi connectivity index (χ4v) is 2.44. The van der Waals surface area contributed by atoms with Gasteiger partial charge in [0.25, 0.3) is 0 Å². The Kier molecular flexibility index (Phi) is 4.82. The molecule has 0 radical (unpaired) electrons. The van der Waals surface area contributed by atoms with E-state index in [0.717, 1.165) is 25.7 Å². The maximum Gasteiger partial charge on any atom is 0.344 e. The topological polar surface area (TPSA) is 69.4 Å². The summed E-state index contributed by atoms with van der Waals surface area (Å²) in [6.07, 6.45) is 4.74. The quantitative estimate of drug-likeness (QED) is 0.369. The summed E-state index contributed by atoms with van der Waals surface area (Å²) in [6, 6.07) is 1.39. The van der Waals surface area contributed by atoms with Crippen LogP contribution in [0.3, 0.4) is 0 Å². The number of carbonyl (C=O) groups excluding carboxylic acids is 1. The van der Waals surface area contributed by atoms with Gasteiger partial charge in [-0.3, -0.25) is 10.1 Å². The average Bonchev–Trinajstić information content (AvgIpc) is 2.67. The predicted molar refractivity (Wildman–Crippen MR) is 69.9 cm³/mol. The van der Waals surface area contributed by atoms with Crippen LogP contribution < -0.4 is 0 Å². The Morgan fingerprint density at radius 3 is 2.38 bits per heavy atom. The highest BCUT2D eigenvalue weighted by molar-refractivity contribution is 5.91. The second-order valence-electron chi connectivity index (χ2n) is 5.03. The zero-order valence-electron chi connectivity index (χ0n) is 11.3. The van der Waals surface area contributed by atoms with E-state index in [-0.39, 0.29) is 0 Å². The van der Waals surface area contributed by atoms with Crippen LogP contribution in [0, 0.1) is 21.7 Å². The molecule has 114 valence electrons. The molecule has 0 saturated heterocycles. The van der Waals surface area contributed by atoms with E-state index in [2.05, 4.69) is 0 Å².